The second-order valence-corrected chi connectivity index (χ2v) is 7.83. The summed E-state index contributed by atoms with van der Waals surface area (Å²) in [5.74, 6) is 0.308. The van der Waals surface area contributed by atoms with E-state index in [0.29, 0.717) is 30.4 Å². The zero-order valence-electron chi connectivity index (χ0n) is 12.1. The normalized spacial score (nSPS) is 22.6. The van der Waals surface area contributed by atoms with Crippen LogP contribution in [-0.4, -0.2) is 32.4 Å². The van der Waals surface area contributed by atoms with Gasteiger partial charge in [0, 0.05) is 13.1 Å². The van der Waals surface area contributed by atoms with Gasteiger partial charge < -0.3 is 5.73 Å². The number of sulfonamides is 1. The SMILES string of the molecule is Cl.NCC1CCN(S(=O)(=O)c2ccc3c(c2)CCCC3)C1. The summed E-state index contributed by atoms with van der Waals surface area (Å²) in [6.07, 6.45) is 5.33. The molecule has 1 unspecified atom stereocenters. The largest absolute Gasteiger partial charge is 0.330 e. The molecule has 1 fully saturated rings. The van der Waals surface area contributed by atoms with Crippen LogP contribution in [0.3, 0.4) is 0 Å². The minimum absolute atomic E-state index is 0. The Kier molecular flexibility index (Phi) is 5.30. The van der Waals surface area contributed by atoms with Crippen LogP contribution in [0.15, 0.2) is 23.1 Å². The topological polar surface area (TPSA) is 63.4 Å². The van der Waals surface area contributed by atoms with Crippen LogP contribution in [-0.2, 0) is 22.9 Å². The summed E-state index contributed by atoms with van der Waals surface area (Å²) in [4.78, 5) is 0.454. The predicted octanol–water partition coefficient (Wildman–Crippen LogP) is 1.96. The summed E-state index contributed by atoms with van der Waals surface area (Å²) >= 11 is 0. The maximum Gasteiger partial charge on any atom is 0.243 e. The third-order valence-corrected chi connectivity index (χ3v) is 6.40. The summed E-state index contributed by atoms with van der Waals surface area (Å²) in [7, 11) is -3.34. The van der Waals surface area contributed by atoms with Gasteiger partial charge in [0.2, 0.25) is 10.0 Å². The molecule has 6 heteroatoms. The number of hydrogen-bond donors (Lipinski definition) is 1. The van der Waals surface area contributed by atoms with Gasteiger partial charge in [-0.15, -0.1) is 12.4 Å². The first-order valence-corrected chi connectivity index (χ1v) is 8.87. The summed E-state index contributed by atoms with van der Waals surface area (Å²) < 4.78 is 26.9. The molecule has 1 aliphatic carbocycles. The molecule has 1 atom stereocenters. The molecule has 0 amide bonds. The highest BCUT2D eigenvalue weighted by atomic mass is 35.5. The van der Waals surface area contributed by atoms with Crippen molar-refractivity contribution in [3.05, 3.63) is 29.3 Å². The molecule has 0 radical (unpaired) electrons. The molecule has 1 aromatic carbocycles. The first-order valence-electron chi connectivity index (χ1n) is 7.43. The number of aryl methyl sites for hydroxylation is 2. The van der Waals surface area contributed by atoms with Gasteiger partial charge in [0.25, 0.3) is 0 Å². The summed E-state index contributed by atoms with van der Waals surface area (Å²) in [6.45, 7) is 1.73. The number of halogens is 1. The van der Waals surface area contributed by atoms with Crippen LogP contribution in [0.1, 0.15) is 30.4 Å². The van der Waals surface area contributed by atoms with E-state index in [9.17, 15) is 8.42 Å². The lowest BCUT2D eigenvalue weighted by Crippen LogP contribution is -2.30. The molecule has 3 rings (SSSR count). The average molecular weight is 331 g/mol. The number of hydrogen-bond acceptors (Lipinski definition) is 3. The Hall–Kier alpha value is -0.620. The molecule has 1 aromatic rings. The van der Waals surface area contributed by atoms with Crippen molar-refractivity contribution in [1.82, 2.24) is 4.31 Å². The maximum atomic E-state index is 12.7. The lowest BCUT2D eigenvalue weighted by molar-refractivity contribution is 0.459. The van der Waals surface area contributed by atoms with Crippen molar-refractivity contribution in [3.63, 3.8) is 0 Å². The van der Waals surface area contributed by atoms with Gasteiger partial charge in [-0.3, -0.25) is 0 Å². The first-order chi connectivity index (χ1) is 9.61. The predicted molar refractivity (Wildman–Crippen MR) is 86.3 cm³/mol. The lowest BCUT2D eigenvalue weighted by Gasteiger charge is -2.20. The Balaban J connectivity index is 0.00000161. The Morgan fingerprint density at radius 3 is 2.57 bits per heavy atom. The quantitative estimate of drug-likeness (QED) is 0.921. The van der Waals surface area contributed by atoms with Crippen molar-refractivity contribution in [2.45, 2.75) is 37.0 Å². The Morgan fingerprint density at radius 1 is 1.19 bits per heavy atom. The fourth-order valence-electron chi connectivity index (χ4n) is 3.23. The maximum absolute atomic E-state index is 12.7. The van der Waals surface area contributed by atoms with Crippen molar-refractivity contribution in [2.24, 2.45) is 11.7 Å². The number of rotatable bonds is 3. The molecule has 0 bridgehead atoms. The molecule has 0 spiro atoms. The Labute approximate surface area is 133 Å². The number of fused-ring (bicyclic) bond motifs is 1. The molecule has 0 aromatic heterocycles. The number of benzene rings is 1. The molecule has 118 valence electrons. The van der Waals surface area contributed by atoms with Gasteiger partial charge >= 0.3 is 0 Å². The van der Waals surface area contributed by atoms with E-state index in [2.05, 4.69) is 0 Å². The van der Waals surface area contributed by atoms with Gasteiger partial charge in [-0.1, -0.05) is 6.07 Å². The first kappa shape index (κ1) is 16.7. The van der Waals surface area contributed by atoms with E-state index in [1.807, 2.05) is 12.1 Å². The number of nitrogens with two attached hydrogens (primary N) is 1. The van der Waals surface area contributed by atoms with Gasteiger partial charge in [-0.2, -0.15) is 4.31 Å². The number of nitrogens with zero attached hydrogens (tertiary/aromatic N) is 1. The zero-order valence-corrected chi connectivity index (χ0v) is 13.8. The van der Waals surface area contributed by atoms with E-state index in [1.165, 1.54) is 17.5 Å². The molecular weight excluding hydrogens is 308 g/mol. The van der Waals surface area contributed by atoms with E-state index in [4.69, 9.17) is 5.73 Å². The van der Waals surface area contributed by atoms with Crippen LogP contribution >= 0.6 is 12.4 Å². The molecule has 1 saturated heterocycles. The fourth-order valence-corrected chi connectivity index (χ4v) is 4.81. The standard InChI is InChI=1S/C15H22N2O2S.ClH/c16-10-12-7-8-17(11-12)20(18,19)15-6-5-13-3-1-2-4-14(13)9-15;/h5-6,9,12H,1-4,7-8,10-11,16H2;1H. The summed E-state index contributed by atoms with van der Waals surface area (Å²) in [6, 6.07) is 5.66. The van der Waals surface area contributed by atoms with Crippen LogP contribution in [0, 0.1) is 5.92 Å². The zero-order chi connectivity index (χ0) is 14.2. The molecule has 0 saturated carbocycles. The second-order valence-electron chi connectivity index (χ2n) is 5.89. The van der Waals surface area contributed by atoms with E-state index < -0.39 is 10.0 Å². The van der Waals surface area contributed by atoms with Gasteiger partial charge in [0.15, 0.2) is 0 Å². The van der Waals surface area contributed by atoms with Crippen molar-refractivity contribution >= 4 is 22.4 Å². The Morgan fingerprint density at radius 2 is 1.90 bits per heavy atom. The van der Waals surface area contributed by atoms with E-state index in [0.717, 1.165) is 25.7 Å². The van der Waals surface area contributed by atoms with Crippen LogP contribution in [0.25, 0.3) is 0 Å². The van der Waals surface area contributed by atoms with E-state index in [-0.39, 0.29) is 12.4 Å². The van der Waals surface area contributed by atoms with Gasteiger partial charge in [-0.05, 0) is 67.8 Å². The smallest absolute Gasteiger partial charge is 0.243 e. The molecule has 1 heterocycles. The van der Waals surface area contributed by atoms with Gasteiger partial charge in [0.05, 0.1) is 4.90 Å². The minimum atomic E-state index is -3.34. The third-order valence-electron chi connectivity index (χ3n) is 4.54. The Bertz CT molecular complexity index is 604. The van der Waals surface area contributed by atoms with Crippen LogP contribution in [0.2, 0.25) is 0 Å². The summed E-state index contributed by atoms with van der Waals surface area (Å²) in [5.41, 5.74) is 8.18. The molecule has 2 N–H and O–H groups in total. The fraction of sp³-hybridized carbons (Fsp3) is 0.600. The van der Waals surface area contributed by atoms with Crippen molar-refractivity contribution in [2.75, 3.05) is 19.6 Å². The molecule has 1 aliphatic heterocycles. The van der Waals surface area contributed by atoms with Gasteiger partial charge in [0.1, 0.15) is 0 Å². The van der Waals surface area contributed by atoms with Crippen molar-refractivity contribution < 1.29 is 8.42 Å². The highest BCUT2D eigenvalue weighted by molar-refractivity contribution is 7.89. The molecule has 4 nitrogen and oxygen atoms in total. The van der Waals surface area contributed by atoms with Crippen LogP contribution in [0.5, 0.6) is 0 Å². The van der Waals surface area contributed by atoms with Crippen LogP contribution < -0.4 is 5.73 Å². The van der Waals surface area contributed by atoms with Crippen molar-refractivity contribution in [3.8, 4) is 0 Å². The average Bonchev–Trinajstić information content (AvgIpc) is 2.96. The third kappa shape index (κ3) is 3.26. The van der Waals surface area contributed by atoms with Crippen LogP contribution in [0.4, 0.5) is 0 Å². The molecular formula is C15H23ClN2O2S. The van der Waals surface area contributed by atoms with E-state index in [1.54, 1.807) is 10.4 Å². The highest BCUT2D eigenvalue weighted by Gasteiger charge is 2.32. The summed E-state index contributed by atoms with van der Waals surface area (Å²) in [5, 5.41) is 0. The van der Waals surface area contributed by atoms with Crippen molar-refractivity contribution in [1.29, 1.82) is 0 Å². The monoisotopic (exact) mass is 330 g/mol. The second kappa shape index (κ2) is 6.65. The molecule has 21 heavy (non-hydrogen) atoms. The van der Waals surface area contributed by atoms with E-state index >= 15 is 0 Å². The van der Waals surface area contributed by atoms with Gasteiger partial charge in [-0.25, -0.2) is 8.42 Å². The highest BCUT2D eigenvalue weighted by Crippen LogP contribution is 2.28. The lowest BCUT2D eigenvalue weighted by atomic mass is 9.92. The minimum Gasteiger partial charge on any atom is -0.330 e. The molecule has 2 aliphatic rings.